The molecule has 180 valence electrons. The highest BCUT2D eigenvalue weighted by Crippen LogP contribution is 2.44. The molecular weight excluding hydrogens is 446 g/mol. The fraction of sp³-hybridized carbons (Fsp3) is 0.214. The normalized spacial score (nSPS) is 17.0. The van der Waals surface area contributed by atoms with Gasteiger partial charge in [0.05, 0.1) is 30.4 Å². The van der Waals surface area contributed by atoms with Crippen LogP contribution in [0.25, 0.3) is 5.76 Å². The standard InChI is InChI=1S/C28H27NO6/c1-4-34-21-12-13-22(23(16-21)35-5-2)26(31)24-25(18-9-7-11-20(30)15-18)29(28(33)27(24)32)19-10-6-8-17(3)14-19/h6-16,25,30-31H,4-5H2,1-3H3/b26-24-. The Morgan fingerprint density at radius 1 is 0.943 bits per heavy atom. The van der Waals surface area contributed by atoms with Crippen LogP contribution < -0.4 is 14.4 Å². The molecule has 1 heterocycles. The minimum absolute atomic E-state index is 0.0200. The van der Waals surface area contributed by atoms with Gasteiger partial charge in [-0.25, -0.2) is 0 Å². The van der Waals surface area contributed by atoms with Crippen LogP contribution in [0.4, 0.5) is 5.69 Å². The van der Waals surface area contributed by atoms with Crippen LogP contribution in [-0.4, -0.2) is 35.1 Å². The summed E-state index contributed by atoms with van der Waals surface area (Å²) in [4.78, 5) is 28.0. The Morgan fingerprint density at radius 2 is 1.69 bits per heavy atom. The van der Waals surface area contributed by atoms with E-state index in [1.54, 1.807) is 55.5 Å². The third kappa shape index (κ3) is 4.57. The highest BCUT2D eigenvalue weighted by atomic mass is 16.5. The van der Waals surface area contributed by atoms with E-state index in [-0.39, 0.29) is 22.6 Å². The second-order valence-corrected chi connectivity index (χ2v) is 8.13. The van der Waals surface area contributed by atoms with Gasteiger partial charge in [0, 0.05) is 11.8 Å². The molecule has 0 aromatic heterocycles. The average molecular weight is 474 g/mol. The molecule has 0 saturated carbocycles. The molecule has 1 amide bonds. The second kappa shape index (κ2) is 9.93. The Bertz CT molecular complexity index is 1310. The molecule has 4 rings (SSSR count). The molecule has 1 aliphatic heterocycles. The van der Waals surface area contributed by atoms with E-state index >= 15 is 0 Å². The molecule has 1 unspecified atom stereocenters. The maximum atomic E-state index is 13.4. The number of aliphatic hydroxyl groups excluding tert-OH is 1. The lowest BCUT2D eigenvalue weighted by atomic mass is 9.94. The first-order valence-electron chi connectivity index (χ1n) is 11.4. The predicted molar refractivity (Wildman–Crippen MR) is 133 cm³/mol. The number of aryl methyl sites for hydroxylation is 1. The van der Waals surface area contributed by atoms with E-state index in [9.17, 15) is 19.8 Å². The Kier molecular flexibility index (Phi) is 6.78. The van der Waals surface area contributed by atoms with Crippen LogP contribution in [0.15, 0.2) is 72.3 Å². The number of rotatable bonds is 7. The van der Waals surface area contributed by atoms with E-state index in [1.165, 1.54) is 17.0 Å². The molecule has 3 aromatic rings. The van der Waals surface area contributed by atoms with Gasteiger partial charge in [-0.15, -0.1) is 0 Å². The number of hydrogen-bond donors (Lipinski definition) is 2. The largest absolute Gasteiger partial charge is 0.508 e. The maximum absolute atomic E-state index is 13.4. The minimum atomic E-state index is -0.954. The van der Waals surface area contributed by atoms with Gasteiger partial charge in [-0.2, -0.15) is 0 Å². The van der Waals surface area contributed by atoms with Gasteiger partial charge in [-0.1, -0.05) is 24.3 Å². The number of ketones is 1. The number of nitrogens with zero attached hydrogens (tertiary/aromatic N) is 1. The number of aliphatic hydroxyl groups is 1. The lowest BCUT2D eigenvalue weighted by molar-refractivity contribution is -0.132. The number of amides is 1. The fourth-order valence-electron chi connectivity index (χ4n) is 4.26. The first-order valence-corrected chi connectivity index (χ1v) is 11.4. The Labute approximate surface area is 203 Å². The summed E-state index contributed by atoms with van der Waals surface area (Å²) in [5.74, 6) is -1.10. The number of hydrogen-bond acceptors (Lipinski definition) is 6. The van der Waals surface area contributed by atoms with E-state index in [2.05, 4.69) is 0 Å². The summed E-state index contributed by atoms with van der Waals surface area (Å²) in [5.41, 5.74) is 2.08. The van der Waals surface area contributed by atoms with Crippen LogP contribution in [0.2, 0.25) is 0 Å². The van der Waals surface area contributed by atoms with E-state index in [0.717, 1.165) is 5.56 Å². The monoisotopic (exact) mass is 473 g/mol. The smallest absolute Gasteiger partial charge is 0.300 e. The molecular formula is C28H27NO6. The zero-order valence-corrected chi connectivity index (χ0v) is 19.8. The zero-order chi connectivity index (χ0) is 25.1. The van der Waals surface area contributed by atoms with Crippen LogP contribution >= 0.6 is 0 Å². The molecule has 1 aliphatic rings. The van der Waals surface area contributed by atoms with Crippen molar-refractivity contribution >= 4 is 23.1 Å². The number of anilines is 1. The number of Topliss-reactive ketones (excluding diaryl/α,β-unsaturated/α-hetero) is 1. The predicted octanol–water partition coefficient (Wildman–Crippen LogP) is 5.12. The van der Waals surface area contributed by atoms with Crippen molar-refractivity contribution in [2.75, 3.05) is 18.1 Å². The van der Waals surface area contributed by atoms with E-state index < -0.39 is 17.7 Å². The third-order valence-corrected chi connectivity index (χ3v) is 5.73. The molecule has 1 fully saturated rings. The minimum Gasteiger partial charge on any atom is -0.508 e. The lowest BCUT2D eigenvalue weighted by Gasteiger charge is -2.26. The van der Waals surface area contributed by atoms with Gasteiger partial charge < -0.3 is 19.7 Å². The van der Waals surface area contributed by atoms with Crippen LogP contribution in [-0.2, 0) is 9.59 Å². The fourth-order valence-corrected chi connectivity index (χ4v) is 4.26. The molecule has 0 radical (unpaired) electrons. The van der Waals surface area contributed by atoms with Crippen molar-refractivity contribution in [2.45, 2.75) is 26.8 Å². The molecule has 7 nitrogen and oxygen atoms in total. The summed E-state index contributed by atoms with van der Waals surface area (Å²) < 4.78 is 11.3. The lowest BCUT2D eigenvalue weighted by Crippen LogP contribution is -2.29. The third-order valence-electron chi connectivity index (χ3n) is 5.73. The summed E-state index contributed by atoms with van der Waals surface area (Å²) in [5, 5.41) is 21.6. The topological polar surface area (TPSA) is 96.3 Å². The van der Waals surface area contributed by atoms with Gasteiger partial charge in [0.25, 0.3) is 11.7 Å². The van der Waals surface area contributed by atoms with Crippen LogP contribution in [0, 0.1) is 6.92 Å². The van der Waals surface area contributed by atoms with Crippen molar-refractivity contribution in [1.29, 1.82) is 0 Å². The van der Waals surface area contributed by atoms with Gasteiger partial charge in [0.1, 0.15) is 23.0 Å². The van der Waals surface area contributed by atoms with Crippen molar-refractivity contribution in [2.24, 2.45) is 0 Å². The second-order valence-electron chi connectivity index (χ2n) is 8.13. The summed E-state index contributed by atoms with van der Waals surface area (Å²) in [7, 11) is 0. The molecule has 35 heavy (non-hydrogen) atoms. The van der Waals surface area contributed by atoms with Crippen molar-refractivity contribution in [1.82, 2.24) is 0 Å². The van der Waals surface area contributed by atoms with Crippen LogP contribution in [0.3, 0.4) is 0 Å². The van der Waals surface area contributed by atoms with Crippen LogP contribution in [0.5, 0.6) is 17.2 Å². The van der Waals surface area contributed by atoms with Gasteiger partial charge in [-0.3, -0.25) is 14.5 Å². The zero-order valence-electron chi connectivity index (χ0n) is 19.8. The summed E-state index contributed by atoms with van der Waals surface area (Å²) in [6.45, 7) is 6.33. The molecule has 7 heteroatoms. The Hall–Kier alpha value is -4.26. The number of carbonyl (C=O) groups is 2. The first-order chi connectivity index (χ1) is 16.8. The molecule has 0 spiro atoms. The maximum Gasteiger partial charge on any atom is 0.300 e. The first kappa shape index (κ1) is 23.9. The number of ether oxygens (including phenoxy) is 2. The van der Waals surface area contributed by atoms with Crippen LogP contribution in [0.1, 0.15) is 36.6 Å². The Balaban J connectivity index is 1.95. The Morgan fingerprint density at radius 3 is 2.37 bits per heavy atom. The number of phenols is 1. The van der Waals surface area contributed by atoms with Crippen molar-refractivity contribution in [3.63, 3.8) is 0 Å². The molecule has 2 N–H and O–H groups in total. The quantitative estimate of drug-likeness (QED) is 0.281. The molecule has 1 atom stereocenters. The van der Waals surface area contributed by atoms with Gasteiger partial charge in [0.15, 0.2) is 0 Å². The van der Waals surface area contributed by atoms with Crippen molar-refractivity contribution in [3.8, 4) is 17.2 Å². The molecule has 0 bridgehead atoms. The van der Waals surface area contributed by atoms with Gasteiger partial charge >= 0.3 is 0 Å². The van der Waals surface area contributed by atoms with Gasteiger partial charge in [-0.05, 0) is 68.3 Å². The molecule has 3 aromatic carbocycles. The number of benzene rings is 3. The van der Waals surface area contributed by atoms with Crippen molar-refractivity contribution in [3.05, 3.63) is 89.0 Å². The molecule has 0 aliphatic carbocycles. The number of aromatic hydroxyl groups is 1. The number of carbonyl (C=O) groups excluding carboxylic acids is 2. The highest BCUT2D eigenvalue weighted by Gasteiger charge is 2.47. The van der Waals surface area contributed by atoms with E-state index in [1.807, 2.05) is 19.9 Å². The highest BCUT2D eigenvalue weighted by molar-refractivity contribution is 6.51. The van der Waals surface area contributed by atoms with E-state index in [0.29, 0.717) is 36.0 Å². The van der Waals surface area contributed by atoms with E-state index in [4.69, 9.17) is 9.47 Å². The van der Waals surface area contributed by atoms with Crippen molar-refractivity contribution < 1.29 is 29.3 Å². The average Bonchev–Trinajstić information content (AvgIpc) is 3.10. The summed E-state index contributed by atoms with van der Waals surface area (Å²) in [6, 6.07) is 17.5. The SMILES string of the molecule is CCOc1ccc(/C(O)=C2/C(=O)C(=O)N(c3cccc(C)c3)C2c2cccc(O)c2)c(OCC)c1. The molecule has 1 saturated heterocycles. The summed E-state index contributed by atoms with van der Waals surface area (Å²) in [6.07, 6.45) is 0. The summed E-state index contributed by atoms with van der Waals surface area (Å²) >= 11 is 0. The number of phenolic OH excluding ortho intramolecular Hbond substituents is 1. The van der Waals surface area contributed by atoms with Gasteiger partial charge in [0.2, 0.25) is 0 Å².